The summed E-state index contributed by atoms with van der Waals surface area (Å²) < 4.78 is 0.869. The number of carbonyl (C=O) groups is 3. The standard InChI is InChI=1S/C22H15BrCl2N4O3/c23-13-8-10-14(11-9-13)27-20(30)15-4-1-2-7-19(15)28-21(31)22(32)29-26-12-16-17(24)5-3-6-18(16)25/h1-12H,(H,27,30)(H,28,31)(H,29,32). The van der Waals surface area contributed by atoms with Crippen LogP contribution in [0, 0.1) is 0 Å². The first-order chi connectivity index (χ1) is 15.3. The summed E-state index contributed by atoms with van der Waals surface area (Å²) in [6, 6.07) is 18.2. The summed E-state index contributed by atoms with van der Waals surface area (Å²) in [6.45, 7) is 0. The summed E-state index contributed by atoms with van der Waals surface area (Å²) >= 11 is 15.4. The van der Waals surface area contributed by atoms with E-state index in [1.54, 1.807) is 54.6 Å². The van der Waals surface area contributed by atoms with Gasteiger partial charge >= 0.3 is 11.8 Å². The van der Waals surface area contributed by atoms with Crippen molar-refractivity contribution in [2.24, 2.45) is 5.10 Å². The van der Waals surface area contributed by atoms with Gasteiger partial charge in [-0.25, -0.2) is 5.43 Å². The van der Waals surface area contributed by atoms with Gasteiger partial charge in [0.2, 0.25) is 0 Å². The Morgan fingerprint density at radius 3 is 2.16 bits per heavy atom. The first-order valence-corrected chi connectivity index (χ1v) is 10.6. The first kappa shape index (κ1) is 23.5. The van der Waals surface area contributed by atoms with E-state index in [2.05, 4.69) is 37.1 Å². The Morgan fingerprint density at radius 1 is 0.812 bits per heavy atom. The molecule has 3 aromatic rings. The highest BCUT2D eigenvalue weighted by Gasteiger charge is 2.18. The zero-order chi connectivity index (χ0) is 23.1. The molecule has 0 aliphatic rings. The van der Waals surface area contributed by atoms with Crippen LogP contribution in [0.3, 0.4) is 0 Å². The second kappa shape index (κ2) is 10.9. The van der Waals surface area contributed by atoms with Gasteiger partial charge in [0.05, 0.1) is 27.5 Å². The van der Waals surface area contributed by atoms with Crippen LogP contribution in [0.4, 0.5) is 11.4 Å². The van der Waals surface area contributed by atoms with E-state index in [4.69, 9.17) is 23.2 Å². The van der Waals surface area contributed by atoms with Crippen LogP contribution in [0.1, 0.15) is 15.9 Å². The summed E-state index contributed by atoms with van der Waals surface area (Å²) in [7, 11) is 0. The first-order valence-electron chi connectivity index (χ1n) is 9.09. The van der Waals surface area contributed by atoms with Crippen molar-refractivity contribution in [3.63, 3.8) is 0 Å². The fraction of sp³-hybridized carbons (Fsp3) is 0. The molecule has 0 radical (unpaired) electrons. The van der Waals surface area contributed by atoms with E-state index in [1.807, 2.05) is 0 Å². The summed E-state index contributed by atoms with van der Waals surface area (Å²) in [5, 5.41) is 9.53. The molecule has 0 aromatic heterocycles. The van der Waals surface area contributed by atoms with Crippen LogP contribution in [-0.4, -0.2) is 23.9 Å². The predicted octanol–water partition coefficient (Wildman–Crippen LogP) is 5.10. The summed E-state index contributed by atoms with van der Waals surface area (Å²) in [6.07, 6.45) is 1.23. The highest BCUT2D eigenvalue weighted by atomic mass is 79.9. The van der Waals surface area contributed by atoms with E-state index in [0.717, 1.165) is 4.47 Å². The number of benzene rings is 3. The van der Waals surface area contributed by atoms with E-state index >= 15 is 0 Å². The fourth-order valence-corrected chi connectivity index (χ4v) is 3.30. The van der Waals surface area contributed by atoms with Gasteiger partial charge in [0.25, 0.3) is 5.91 Å². The second-order valence-electron chi connectivity index (χ2n) is 6.30. The second-order valence-corrected chi connectivity index (χ2v) is 8.03. The highest BCUT2D eigenvalue weighted by molar-refractivity contribution is 9.10. The minimum absolute atomic E-state index is 0.167. The largest absolute Gasteiger partial charge is 0.329 e. The Labute approximate surface area is 201 Å². The zero-order valence-corrected chi connectivity index (χ0v) is 19.3. The molecule has 0 saturated heterocycles. The fourth-order valence-electron chi connectivity index (χ4n) is 2.54. The van der Waals surface area contributed by atoms with Gasteiger partial charge in [-0.3, -0.25) is 14.4 Å². The van der Waals surface area contributed by atoms with E-state index < -0.39 is 17.7 Å². The van der Waals surface area contributed by atoms with Gasteiger partial charge in [-0.1, -0.05) is 57.3 Å². The number of rotatable bonds is 5. The Balaban J connectivity index is 1.66. The molecule has 3 rings (SSSR count). The molecule has 0 spiro atoms. The summed E-state index contributed by atoms with van der Waals surface area (Å²) in [5.41, 5.74) is 3.41. The lowest BCUT2D eigenvalue weighted by Crippen LogP contribution is -2.33. The van der Waals surface area contributed by atoms with Gasteiger partial charge in [-0.15, -0.1) is 0 Å². The lowest BCUT2D eigenvalue weighted by molar-refractivity contribution is -0.136. The molecule has 0 bridgehead atoms. The van der Waals surface area contributed by atoms with E-state index in [0.29, 0.717) is 21.3 Å². The minimum Gasteiger partial charge on any atom is -0.322 e. The number of halogens is 3. The van der Waals surface area contributed by atoms with Gasteiger partial charge in [-0.2, -0.15) is 5.10 Å². The number of anilines is 2. The monoisotopic (exact) mass is 532 g/mol. The molecular weight excluding hydrogens is 519 g/mol. The maximum Gasteiger partial charge on any atom is 0.329 e. The Kier molecular flexibility index (Phi) is 7.99. The zero-order valence-electron chi connectivity index (χ0n) is 16.2. The lowest BCUT2D eigenvalue weighted by Gasteiger charge is -2.11. The van der Waals surface area contributed by atoms with Crippen molar-refractivity contribution in [2.75, 3.05) is 10.6 Å². The van der Waals surface area contributed by atoms with Crippen LogP contribution in [0.25, 0.3) is 0 Å². The molecule has 0 saturated carbocycles. The number of hydrogen-bond donors (Lipinski definition) is 3. The SMILES string of the molecule is O=C(NN=Cc1c(Cl)cccc1Cl)C(=O)Nc1ccccc1C(=O)Nc1ccc(Br)cc1. The molecule has 0 fully saturated rings. The van der Waals surface area contributed by atoms with Gasteiger partial charge in [-0.05, 0) is 48.5 Å². The van der Waals surface area contributed by atoms with Gasteiger partial charge in [0.15, 0.2) is 0 Å². The molecule has 0 aliphatic carbocycles. The molecule has 7 nitrogen and oxygen atoms in total. The van der Waals surface area contributed by atoms with Gasteiger partial charge in [0.1, 0.15) is 0 Å². The Hall–Kier alpha value is -3.20. The van der Waals surface area contributed by atoms with Crippen LogP contribution < -0.4 is 16.1 Å². The van der Waals surface area contributed by atoms with Crippen LogP contribution in [0.5, 0.6) is 0 Å². The highest BCUT2D eigenvalue weighted by Crippen LogP contribution is 2.22. The number of para-hydroxylation sites is 1. The van der Waals surface area contributed by atoms with Gasteiger partial charge in [0, 0.05) is 15.7 Å². The third-order valence-corrected chi connectivity index (χ3v) is 5.28. The number of hydrazone groups is 1. The molecule has 3 amide bonds. The van der Waals surface area contributed by atoms with Crippen molar-refractivity contribution in [1.82, 2.24) is 5.43 Å². The number of nitrogens with one attached hydrogen (secondary N) is 3. The number of hydrogen-bond acceptors (Lipinski definition) is 4. The Bertz CT molecular complexity index is 1180. The third-order valence-electron chi connectivity index (χ3n) is 4.09. The summed E-state index contributed by atoms with van der Waals surface area (Å²) in [4.78, 5) is 37.0. The molecule has 32 heavy (non-hydrogen) atoms. The smallest absolute Gasteiger partial charge is 0.322 e. The molecule has 0 unspecified atom stereocenters. The molecule has 10 heteroatoms. The quantitative estimate of drug-likeness (QED) is 0.242. The van der Waals surface area contributed by atoms with Crippen LogP contribution in [0.15, 0.2) is 76.3 Å². The van der Waals surface area contributed by atoms with E-state index in [1.165, 1.54) is 18.3 Å². The number of amides is 3. The third kappa shape index (κ3) is 6.16. The molecule has 3 N–H and O–H groups in total. The molecule has 162 valence electrons. The maximum absolute atomic E-state index is 12.6. The predicted molar refractivity (Wildman–Crippen MR) is 129 cm³/mol. The summed E-state index contributed by atoms with van der Waals surface area (Å²) in [5.74, 6) is -2.49. The van der Waals surface area contributed by atoms with Crippen molar-refractivity contribution in [2.45, 2.75) is 0 Å². The molecule has 3 aromatic carbocycles. The average Bonchev–Trinajstić information content (AvgIpc) is 2.77. The molecule has 0 heterocycles. The van der Waals surface area contributed by atoms with Crippen molar-refractivity contribution in [3.8, 4) is 0 Å². The van der Waals surface area contributed by atoms with Crippen molar-refractivity contribution >= 4 is 74.4 Å². The van der Waals surface area contributed by atoms with Crippen molar-refractivity contribution in [3.05, 3.63) is 92.4 Å². The van der Waals surface area contributed by atoms with Crippen LogP contribution >= 0.6 is 39.1 Å². The molecule has 0 aliphatic heterocycles. The van der Waals surface area contributed by atoms with Gasteiger partial charge < -0.3 is 10.6 Å². The van der Waals surface area contributed by atoms with Crippen molar-refractivity contribution in [1.29, 1.82) is 0 Å². The minimum atomic E-state index is -1.03. The van der Waals surface area contributed by atoms with Crippen molar-refractivity contribution < 1.29 is 14.4 Å². The number of carbonyl (C=O) groups excluding carboxylic acids is 3. The molecule has 0 atom stereocenters. The van der Waals surface area contributed by atoms with Crippen LogP contribution in [-0.2, 0) is 9.59 Å². The topological polar surface area (TPSA) is 99.7 Å². The Morgan fingerprint density at radius 2 is 1.47 bits per heavy atom. The van der Waals surface area contributed by atoms with Crippen LogP contribution in [0.2, 0.25) is 10.0 Å². The van der Waals surface area contributed by atoms with E-state index in [9.17, 15) is 14.4 Å². The maximum atomic E-state index is 12.6. The normalized spacial score (nSPS) is 10.6. The molecular formula is C22H15BrCl2N4O3. The average molecular weight is 534 g/mol. The van der Waals surface area contributed by atoms with E-state index in [-0.39, 0.29) is 11.3 Å². The number of nitrogens with zero attached hydrogens (tertiary/aromatic N) is 1. The lowest BCUT2D eigenvalue weighted by atomic mass is 10.1.